The minimum Gasteiger partial charge on any atom is -0.393 e. The summed E-state index contributed by atoms with van der Waals surface area (Å²) in [6, 6.07) is 0. The molecule has 2 heteroatoms. The van der Waals surface area contributed by atoms with Gasteiger partial charge in [-0.3, -0.25) is 0 Å². The molecule has 5 fully saturated rings. The highest BCUT2D eigenvalue weighted by Gasteiger charge is 2.60. The van der Waals surface area contributed by atoms with Gasteiger partial charge in [0.2, 0.25) is 0 Å². The van der Waals surface area contributed by atoms with Gasteiger partial charge >= 0.3 is 0 Å². The van der Waals surface area contributed by atoms with Crippen LogP contribution in [0.25, 0.3) is 0 Å². The number of aliphatic hydroxyl groups excluding tert-OH is 2. The molecule has 5 saturated carbocycles. The second-order valence-electron chi connectivity index (χ2n) is 14.6. The number of hydrogen-bond acceptors (Lipinski definition) is 2. The monoisotopic (exact) mass is 444 g/mol. The lowest BCUT2D eigenvalue weighted by Gasteiger charge is -2.61. The van der Waals surface area contributed by atoms with E-state index >= 15 is 0 Å². The van der Waals surface area contributed by atoms with Crippen LogP contribution in [-0.4, -0.2) is 22.4 Å². The van der Waals surface area contributed by atoms with Gasteiger partial charge in [-0.1, -0.05) is 27.7 Å². The van der Waals surface area contributed by atoms with Gasteiger partial charge in [0.1, 0.15) is 0 Å². The van der Waals surface area contributed by atoms with Gasteiger partial charge in [0.05, 0.1) is 12.2 Å². The summed E-state index contributed by atoms with van der Waals surface area (Å²) >= 11 is 0. The van der Waals surface area contributed by atoms with Gasteiger partial charge in [-0.25, -0.2) is 0 Å². The third-order valence-corrected chi connectivity index (χ3v) is 12.5. The molecule has 0 bridgehead atoms. The maximum Gasteiger partial charge on any atom is 0.0545 e. The summed E-state index contributed by atoms with van der Waals surface area (Å²) in [6.07, 6.45) is 19.0. The van der Waals surface area contributed by atoms with Gasteiger partial charge in [-0.05, 0) is 148 Å². The largest absolute Gasteiger partial charge is 0.393 e. The van der Waals surface area contributed by atoms with E-state index in [2.05, 4.69) is 27.7 Å². The van der Waals surface area contributed by atoms with Gasteiger partial charge in [0.15, 0.2) is 0 Å². The Morgan fingerprint density at radius 2 is 1.41 bits per heavy atom. The van der Waals surface area contributed by atoms with Crippen molar-refractivity contribution in [1.29, 1.82) is 0 Å². The standard InChI is InChI=1S/C30H52O2/c1-28(2)13-9-20(10-14-28)17-24(32)19-22-6-8-26-25-7-5-21-18-23(31)11-15-29(21,3)27(25)12-16-30(22,26)4/h20-27,31-32H,5-19H2,1-4H3/t21?,22-,23+,24?,25?,26?,27?,29?,30?/m1/s1. The quantitative estimate of drug-likeness (QED) is 0.475. The molecule has 0 aromatic rings. The van der Waals surface area contributed by atoms with E-state index < -0.39 is 0 Å². The van der Waals surface area contributed by atoms with Gasteiger partial charge in [-0.15, -0.1) is 0 Å². The number of hydrogen-bond donors (Lipinski definition) is 2. The summed E-state index contributed by atoms with van der Waals surface area (Å²) in [5.41, 5.74) is 1.47. The molecule has 0 radical (unpaired) electrons. The predicted octanol–water partition coefficient (Wildman–Crippen LogP) is 7.36. The molecule has 5 aliphatic carbocycles. The molecule has 0 heterocycles. The van der Waals surface area contributed by atoms with Crippen molar-refractivity contribution in [2.24, 2.45) is 51.8 Å². The van der Waals surface area contributed by atoms with Crippen LogP contribution in [-0.2, 0) is 0 Å². The highest BCUT2D eigenvalue weighted by atomic mass is 16.3. The number of aliphatic hydroxyl groups is 2. The van der Waals surface area contributed by atoms with Crippen molar-refractivity contribution in [2.45, 2.75) is 136 Å². The molecule has 7 unspecified atom stereocenters. The van der Waals surface area contributed by atoms with Crippen molar-refractivity contribution in [3.63, 3.8) is 0 Å². The molecule has 0 amide bonds. The maximum absolute atomic E-state index is 11.1. The lowest BCUT2D eigenvalue weighted by Crippen LogP contribution is -2.54. The van der Waals surface area contributed by atoms with Crippen LogP contribution in [0.4, 0.5) is 0 Å². The van der Waals surface area contributed by atoms with Crippen LogP contribution in [0.2, 0.25) is 0 Å². The smallest absolute Gasteiger partial charge is 0.0545 e. The lowest BCUT2D eigenvalue weighted by atomic mass is 9.44. The second-order valence-corrected chi connectivity index (χ2v) is 14.6. The molecule has 0 saturated heterocycles. The van der Waals surface area contributed by atoms with E-state index in [0.29, 0.717) is 16.2 Å². The average Bonchev–Trinajstić information content (AvgIpc) is 3.06. The summed E-state index contributed by atoms with van der Waals surface area (Å²) < 4.78 is 0. The van der Waals surface area contributed by atoms with Crippen molar-refractivity contribution in [1.82, 2.24) is 0 Å². The van der Waals surface area contributed by atoms with Gasteiger partial charge in [-0.2, -0.15) is 0 Å². The summed E-state index contributed by atoms with van der Waals surface area (Å²) in [5.74, 6) is 4.95. The van der Waals surface area contributed by atoms with E-state index in [1.54, 1.807) is 0 Å². The highest BCUT2D eigenvalue weighted by Crippen LogP contribution is 2.68. The molecule has 0 aromatic heterocycles. The average molecular weight is 445 g/mol. The normalized spacial score (nSPS) is 49.7. The molecular formula is C30H52O2. The highest BCUT2D eigenvalue weighted by molar-refractivity contribution is 5.09. The molecule has 9 atom stereocenters. The van der Waals surface area contributed by atoms with Crippen molar-refractivity contribution in [3.05, 3.63) is 0 Å². The molecule has 0 aromatic carbocycles. The first-order chi connectivity index (χ1) is 15.1. The van der Waals surface area contributed by atoms with E-state index in [-0.39, 0.29) is 12.2 Å². The molecule has 184 valence electrons. The Morgan fingerprint density at radius 1 is 0.719 bits per heavy atom. The minimum absolute atomic E-state index is 0.0360. The number of fused-ring (bicyclic) bond motifs is 5. The zero-order valence-electron chi connectivity index (χ0n) is 21.6. The second kappa shape index (κ2) is 8.54. The lowest BCUT2D eigenvalue weighted by molar-refractivity contribution is -0.128. The third-order valence-electron chi connectivity index (χ3n) is 12.5. The van der Waals surface area contributed by atoms with E-state index in [9.17, 15) is 10.2 Å². The van der Waals surface area contributed by atoms with Crippen molar-refractivity contribution in [2.75, 3.05) is 0 Å². The van der Waals surface area contributed by atoms with Crippen molar-refractivity contribution < 1.29 is 10.2 Å². The zero-order chi connectivity index (χ0) is 22.7. The molecule has 2 nitrogen and oxygen atoms in total. The SMILES string of the molecule is CC1(C)CCC(CC(O)C[C@H]2CCC3C4CCC5C[C@@H](O)CCC5(C)C4CCC32C)CC1. The van der Waals surface area contributed by atoms with E-state index in [4.69, 9.17) is 0 Å². The Kier molecular flexibility index (Phi) is 6.31. The van der Waals surface area contributed by atoms with Crippen LogP contribution in [0.3, 0.4) is 0 Å². The first-order valence-electron chi connectivity index (χ1n) is 14.5. The Labute approximate surface area is 198 Å². The molecule has 5 rings (SSSR count). The summed E-state index contributed by atoms with van der Waals surface area (Å²) in [7, 11) is 0. The van der Waals surface area contributed by atoms with Crippen LogP contribution in [0.1, 0.15) is 124 Å². The van der Waals surface area contributed by atoms with Crippen LogP contribution in [0.5, 0.6) is 0 Å². The van der Waals surface area contributed by atoms with Crippen LogP contribution in [0.15, 0.2) is 0 Å². The Hall–Kier alpha value is -0.0800. The topological polar surface area (TPSA) is 40.5 Å². The Balaban J connectivity index is 1.21. The van der Waals surface area contributed by atoms with E-state index in [1.807, 2.05) is 0 Å². The Bertz CT molecular complexity index is 662. The summed E-state index contributed by atoms with van der Waals surface area (Å²) in [4.78, 5) is 0. The zero-order valence-corrected chi connectivity index (χ0v) is 21.6. The van der Waals surface area contributed by atoms with E-state index in [0.717, 1.165) is 61.2 Å². The van der Waals surface area contributed by atoms with Gasteiger partial charge in [0.25, 0.3) is 0 Å². The molecule has 2 N–H and O–H groups in total. The first-order valence-corrected chi connectivity index (χ1v) is 14.5. The molecule has 0 aliphatic heterocycles. The van der Waals surface area contributed by atoms with E-state index in [1.165, 1.54) is 70.6 Å². The maximum atomic E-state index is 11.1. The fourth-order valence-electron chi connectivity index (χ4n) is 10.2. The van der Waals surface area contributed by atoms with Crippen LogP contribution in [0, 0.1) is 51.8 Å². The molecule has 32 heavy (non-hydrogen) atoms. The number of rotatable bonds is 4. The fraction of sp³-hybridized carbons (Fsp3) is 1.00. The van der Waals surface area contributed by atoms with Crippen LogP contribution >= 0.6 is 0 Å². The third kappa shape index (κ3) is 4.12. The summed E-state index contributed by atoms with van der Waals surface area (Å²) in [5, 5.41) is 21.4. The molecule has 0 spiro atoms. The Morgan fingerprint density at radius 3 is 2.16 bits per heavy atom. The van der Waals surface area contributed by atoms with Crippen molar-refractivity contribution >= 4 is 0 Å². The molecular weight excluding hydrogens is 392 g/mol. The van der Waals surface area contributed by atoms with Gasteiger partial charge < -0.3 is 10.2 Å². The summed E-state index contributed by atoms with van der Waals surface area (Å²) in [6.45, 7) is 10.1. The van der Waals surface area contributed by atoms with Gasteiger partial charge in [0, 0.05) is 0 Å². The fourth-order valence-corrected chi connectivity index (χ4v) is 10.2. The molecule has 5 aliphatic rings. The van der Waals surface area contributed by atoms with Crippen LogP contribution < -0.4 is 0 Å². The minimum atomic E-state index is -0.0763. The first kappa shape index (κ1) is 23.7. The predicted molar refractivity (Wildman–Crippen MR) is 132 cm³/mol. The van der Waals surface area contributed by atoms with Crippen molar-refractivity contribution in [3.8, 4) is 0 Å².